The van der Waals surface area contributed by atoms with E-state index in [1.807, 2.05) is 6.07 Å². The predicted molar refractivity (Wildman–Crippen MR) is 65.9 cm³/mol. The van der Waals surface area contributed by atoms with E-state index in [4.69, 9.17) is 5.26 Å². The molecule has 0 aliphatic heterocycles. The van der Waals surface area contributed by atoms with Gasteiger partial charge in [-0.25, -0.2) is 4.98 Å². The molecule has 5 nitrogen and oxygen atoms in total. The highest BCUT2D eigenvalue weighted by Gasteiger charge is 2.09. The average Bonchev–Trinajstić information content (AvgIpc) is 2.39. The number of nitrogens with one attached hydrogen (secondary N) is 1. The molecule has 1 N–H and O–H groups in total. The summed E-state index contributed by atoms with van der Waals surface area (Å²) < 4.78 is 0. The van der Waals surface area contributed by atoms with Crippen LogP contribution < -0.4 is 5.32 Å². The normalized spacial score (nSPS) is 9.56. The minimum absolute atomic E-state index is 0.273. The Hall–Kier alpha value is -2.74. The van der Waals surface area contributed by atoms with Crippen LogP contribution in [0.1, 0.15) is 21.7 Å². The Labute approximate surface area is 104 Å². The summed E-state index contributed by atoms with van der Waals surface area (Å²) in [6, 6.07) is 8.58. The average molecular weight is 238 g/mol. The number of aryl methyl sites for hydroxylation is 1. The van der Waals surface area contributed by atoms with Crippen LogP contribution in [-0.4, -0.2) is 15.9 Å². The number of amides is 1. The minimum Gasteiger partial charge on any atom is -0.319 e. The first-order valence-corrected chi connectivity index (χ1v) is 5.30. The monoisotopic (exact) mass is 238 g/mol. The second-order valence-corrected chi connectivity index (χ2v) is 3.64. The van der Waals surface area contributed by atoms with E-state index >= 15 is 0 Å². The Morgan fingerprint density at radius 1 is 1.39 bits per heavy atom. The lowest BCUT2D eigenvalue weighted by Crippen LogP contribution is -2.14. The molecule has 2 rings (SSSR count). The number of rotatable bonds is 2. The molecular formula is C13H10N4O. The van der Waals surface area contributed by atoms with Gasteiger partial charge in [0, 0.05) is 6.20 Å². The van der Waals surface area contributed by atoms with Gasteiger partial charge in [0.05, 0.1) is 23.1 Å². The molecule has 0 aliphatic carbocycles. The number of nitrogens with zero attached hydrogens (tertiary/aromatic N) is 3. The van der Waals surface area contributed by atoms with Crippen molar-refractivity contribution >= 4 is 11.6 Å². The topological polar surface area (TPSA) is 78.7 Å². The Balaban J connectivity index is 2.20. The zero-order valence-corrected chi connectivity index (χ0v) is 9.71. The lowest BCUT2D eigenvalue weighted by atomic mass is 10.2. The summed E-state index contributed by atoms with van der Waals surface area (Å²) in [5.74, 6) is -0.324. The van der Waals surface area contributed by atoms with Gasteiger partial charge in [0.25, 0.3) is 5.91 Å². The van der Waals surface area contributed by atoms with Crippen molar-refractivity contribution in [2.24, 2.45) is 0 Å². The fourth-order valence-electron chi connectivity index (χ4n) is 1.44. The van der Waals surface area contributed by atoms with Crippen molar-refractivity contribution in [1.29, 1.82) is 5.26 Å². The summed E-state index contributed by atoms with van der Waals surface area (Å²) in [7, 11) is 0. The number of hydrogen-bond acceptors (Lipinski definition) is 4. The van der Waals surface area contributed by atoms with E-state index in [9.17, 15) is 4.79 Å². The van der Waals surface area contributed by atoms with E-state index in [1.165, 1.54) is 6.07 Å². The minimum atomic E-state index is -0.324. The molecule has 2 aromatic rings. The quantitative estimate of drug-likeness (QED) is 0.866. The molecule has 0 atom stereocenters. The summed E-state index contributed by atoms with van der Waals surface area (Å²) in [6.07, 6.45) is 3.17. The van der Waals surface area contributed by atoms with Crippen molar-refractivity contribution in [3.8, 4) is 6.07 Å². The van der Waals surface area contributed by atoms with E-state index in [2.05, 4.69) is 15.3 Å². The second-order valence-electron chi connectivity index (χ2n) is 3.64. The third-order valence-electron chi connectivity index (χ3n) is 2.36. The number of pyridine rings is 2. The van der Waals surface area contributed by atoms with Crippen molar-refractivity contribution in [3.63, 3.8) is 0 Å². The molecule has 0 fully saturated rings. The van der Waals surface area contributed by atoms with Gasteiger partial charge in [-0.3, -0.25) is 9.78 Å². The highest BCUT2D eigenvalue weighted by Crippen LogP contribution is 2.08. The van der Waals surface area contributed by atoms with Crippen LogP contribution in [0.4, 0.5) is 5.69 Å². The predicted octanol–water partition coefficient (Wildman–Crippen LogP) is 1.91. The molecule has 88 valence electrons. The third-order valence-corrected chi connectivity index (χ3v) is 2.36. The fourth-order valence-corrected chi connectivity index (χ4v) is 1.44. The van der Waals surface area contributed by atoms with Crippen molar-refractivity contribution < 1.29 is 4.79 Å². The SMILES string of the molecule is Cc1nc(C(=O)Nc2cccnc2)ccc1C#N. The van der Waals surface area contributed by atoms with E-state index in [0.717, 1.165) is 0 Å². The maximum atomic E-state index is 11.9. The standard InChI is InChI=1S/C13H10N4O/c1-9-10(7-14)4-5-12(16-9)13(18)17-11-3-2-6-15-8-11/h2-6,8H,1H3,(H,17,18). The third kappa shape index (κ3) is 2.50. The van der Waals surface area contributed by atoms with Gasteiger partial charge in [-0.15, -0.1) is 0 Å². The molecule has 0 aromatic carbocycles. The first-order valence-electron chi connectivity index (χ1n) is 5.30. The van der Waals surface area contributed by atoms with E-state index < -0.39 is 0 Å². The second kappa shape index (κ2) is 5.06. The molecule has 0 bridgehead atoms. The molecule has 0 aliphatic rings. The fraction of sp³-hybridized carbons (Fsp3) is 0.0769. The zero-order valence-electron chi connectivity index (χ0n) is 9.71. The van der Waals surface area contributed by atoms with Crippen molar-refractivity contribution in [3.05, 3.63) is 53.6 Å². The number of carbonyl (C=O) groups is 1. The Morgan fingerprint density at radius 2 is 2.22 bits per heavy atom. The smallest absolute Gasteiger partial charge is 0.274 e. The molecule has 2 aromatic heterocycles. The number of nitriles is 1. The van der Waals surface area contributed by atoms with Crippen LogP contribution in [0.5, 0.6) is 0 Å². The van der Waals surface area contributed by atoms with Crippen molar-refractivity contribution in [1.82, 2.24) is 9.97 Å². The van der Waals surface area contributed by atoms with Crippen LogP contribution in [0.3, 0.4) is 0 Å². The zero-order chi connectivity index (χ0) is 13.0. The number of aromatic nitrogens is 2. The highest BCUT2D eigenvalue weighted by atomic mass is 16.1. The first-order chi connectivity index (χ1) is 8.70. The van der Waals surface area contributed by atoms with Crippen LogP contribution >= 0.6 is 0 Å². The maximum absolute atomic E-state index is 11.9. The molecule has 0 saturated heterocycles. The summed E-state index contributed by atoms with van der Waals surface area (Å²) in [5, 5.41) is 11.5. The number of carbonyl (C=O) groups excluding carboxylic acids is 1. The van der Waals surface area contributed by atoms with E-state index in [1.54, 1.807) is 37.5 Å². The first kappa shape index (κ1) is 11.7. The van der Waals surface area contributed by atoms with Crippen LogP contribution in [-0.2, 0) is 0 Å². The summed E-state index contributed by atoms with van der Waals surface area (Å²) in [5.41, 5.74) is 1.88. The molecule has 0 spiro atoms. The van der Waals surface area contributed by atoms with Gasteiger partial charge >= 0.3 is 0 Å². The molecule has 2 heterocycles. The summed E-state index contributed by atoms with van der Waals surface area (Å²) in [6.45, 7) is 1.69. The number of anilines is 1. The number of hydrogen-bond donors (Lipinski definition) is 1. The van der Waals surface area contributed by atoms with E-state index in [0.29, 0.717) is 16.9 Å². The molecule has 5 heteroatoms. The van der Waals surface area contributed by atoms with E-state index in [-0.39, 0.29) is 11.6 Å². The van der Waals surface area contributed by atoms with Gasteiger partial charge in [0.15, 0.2) is 0 Å². The van der Waals surface area contributed by atoms with Crippen LogP contribution in [0, 0.1) is 18.3 Å². The van der Waals surface area contributed by atoms with Crippen LogP contribution in [0.15, 0.2) is 36.7 Å². The Bertz CT molecular complexity index is 617. The Kier molecular flexibility index (Phi) is 3.30. The largest absolute Gasteiger partial charge is 0.319 e. The molecular weight excluding hydrogens is 228 g/mol. The van der Waals surface area contributed by atoms with Crippen molar-refractivity contribution in [2.45, 2.75) is 6.92 Å². The Morgan fingerprint density at radius 3 is 2.83 bits per heavy atom. The van der Waals surface area contributed by atoms with Gasteiger partial charge in [-0.05, 0) is 31.2 Å². The molecule has 0 saturated carbocycles. The van der Waals surface area contributed by atoms with Gasteiger partial charge in [-0.1, -0.05) is 0 Å². The molecule has 0 unspecified atom stereocenters. The highest BCUT2D eigenvalue weighted by molar-refractivity contribution is 6.02. The van der Waals surface area contributed by atoms with Gasteiger partial charge in [0.2, 0.25) is 0 Å². The van der Waals surface area contributed by atoms with Crippen LogP contribution in [0.25, 0.3) is 0 Å². The van der Waals surface area contributed by atoms with Crippen LogP contribution in [0.2, 0.25) is 0 Å². The summed E-state index contributed by atoms with van der Waals surface area (Å²) in [4.78, 5) is 19.9. The van der Waals surface area contributed by atoms with Gasteiger partial charge in [-0.2, -0.15) is 5.26 Å². The van der Waals surface area contributed by atoms with Crippen molar-refractivity contribution in [2.75, 3.05) is 5.32 Å². The lowest BCUT2D eigenvalue weighted by molar-refractivity contribution is 0.102. The van der Waals surface area contributed by atoms with Gasteiger partial charge in [0.1, 0.15) is 11.8 Å². The molecule has 18 heavy (non-hydrogen) atoms. The molecule has 1 amide bonds. The summed E-state index contributed by atoms with van der Waals surface area (Å²) >= 11 is 0. The maximum Gasteiger partial charge on any atom is 0.274 e. The molecule has 0 radical (unpaired) electrons. The van der Waals surface area contributed by atoms with Gasteiger partial charge < -0.3 is 5.32 Å². The lowest BCUT2D eigenvalue weighted by Gasteiger charge is -2.05.